The lowest BCUT2D eigenvalue weighted by Gasteiger charge is -2.19. The van der Waals surface area contributed by atoms with Gasteiger partial charge in [-0.3, -0.25) is 15.0 Å². The van der Waals surface area contributed by atoms with Crippen molar-refractivity contribution in [2.24, 2.45) is 10.7 Å². The molecule has 0 spiro atoms. The topological polar surface area (TPSA) is 118 Å². The van der Waals surface area contributed by atoms with Crippen LogP contribution in [-0.2, 0) is 9.59 Å². The number of aliphatic imine (C=N–C) groups is 1. The smallest absolute Gasteiger partial charge is 0.248 e. The average Bonchev–Trinajstić information content (AvgIpc) is 2.47. The lowest BCUT2D eigenvalue weighted by Crippen LogP contribution is -2.34. The largest absolute Gasteiger partial charge is 0.497 e. The van der Waals surface area contributed by atoms with Crippen LogP contribution in [-0.4, -0.2) is 35.1 Å². The molecule has 0 aromatic heterocycles. The molecule has 1 atom stereocenters. The molecule has 1 aromatic rings. The molecule has 0 saturated carbocycles. The van der Waals surface area contributed by atoms with Crippen LogP contribution in [0.15, 0.2) is 29.3 Å². The average molecular weight is 306 g/mol. The zero-order chi connectivity index (χ0) is 15.4. The Hall–Kier alpha value is -2.35. The molecule has 0 bridgehead atoms. The summed E-state index contributed by atoms with van der Waals surface area (Å²) >= 11 is 1.02. The Bertz CT molecular complexity index is 612. The third-order valence-electron chi connectivity index (χ3n) is 2.72. The van der Waals surface area contributed by atoms with E-state index in [1.807, 2.05) is 0 Å². The van der Waals surface area contributed by atoms with E-state index in [0.717, 1.165) is 11.8 Å². The third-order valence-corrected chi connectivity index (χ3v) is 3.92. The monoisotopic (exact) mass is 306 g/mol. The lowest BCUT2D eigenvalue weighted by molar-refractivity contribution is -0.121. The predicted octanol–water partition coefficient (Wildman–Crippen LogP) is 1.00. The number of amides is 2. The number of carbonyl (C=O) groups excluding carboxylic acids is 2. The first kappa shape index (κ1) is 15.0. The summed E-state index contributed by atoms with van der Waals surface area (Å²) in [7, 11) is 1.56. The van der Waals surface area contributed by atoms with Gasteiger partial charge in [0.2, 0.25) is 11.8 Å². The molecule has 1 unspecified atom stereocenters. The molecule has 21 heavy (non-hydrogen) atoms. The van der Waals surface area contributed by atoms with Gasteiger partial charge in [-0.25, -0.2) is 4.99 Å². The number of hydrogen-bond acceptors (Lipinski definition) is 5. The van der Waals surface area contributed by atoms with Crippen molar-refractivity contribution in [3.05, 3.63) is 24.3 Å². The van der Waals surface area contributed by atoms with Gasteiger partial charge in [0.25, 0.3) is 0 Å². The molecule has 0 aliphatic carbocycles. The minimum Gasteiger partial charge on any atom is -0.497 e. The highest BCUT2D eigenvalue weighted by atomic mass is 32.2. The maximum Gasteiger partial charge on any atom is 0.248 e. The second-order valence-corrected chi connectivity index (χ2v) is 5.44. The number of carbonyl (C=O) groups is 2. The number of hydrogen-bond donors (Lipinski definition) is 3. The Kier molecular flexibility index (Phi) is 4.59. The van der Waals surface area contributed by atoms with E-state index in [9.17, 15) is 9.59 Å². The first-order chi connectivity index (χ1) is 9.99. The molecule has 8 heteroatoms. The van der Waals surface area contributed by atoms with Crippen LogP contribution in [0.5, 0.6) is 5.75 Å². The van der Waals surface area contributed by atoms with E-state index in [1.54, 1.807) is 31.4 Å². The first-order valence-electron chi connectivity index (χ1n) is 6.07. The van der Waals surface area contributed by atoms with Crippen LogP contribution in [0.4, 0.5) is 5.69 Å². The molecule has 0 radical (unpaired) electrons. The number of nitrogens with two attached hydrogens (primary N) is 1. The van der Waals surface area contributed by atoms with Crippen LogP contribution in [0.3, 0.4) is 0 Å². The molecule has 1 heterocycles. The Labute approximate surface area is 125 Å². The summed E-state index contributed by atoms with van der Waals surface area (Å²) in [5.41, 5.74) is 5.91. The number of methoxy groups -OCH3 is 1. The van der Waals surface area contributed by atoms with Gasteiger partial charge in [-0.2, -0.15) is 0 Å². The zero-order valence-electron chi connectivity index (χ0n) is 11.3. The van der Waals surface area contributed by atoms with Gasteiger partial charge in [0, 0.05) is 5.69 Å². The second kappa shape index (κ2) is 6.40. The third kappa shape index (κ3) is 3.82. The summed E-state index contributed by atoms with van der Waals surface area (Å²) in [6, 6.07) is 6.84. The van der Waals surface area contributed by atoms with Crippen LogP contribution in [0.1, 0.15) is 6.42 Å². The van der Waals surface area contributed by atoms with E-state index in [4.69, 9.17) is 15.9 Å². The van der Waals surface area contributed by atoms with Crippen LogP contribution >= 0.6 is 11.8 Å². The van der Waals surface area contributed by atoms with Gasteiger partial charge < -0.3 is 15.8 Å². The van der Waals surface area contributed by atoms with Gasteiger partial charge in [-0.1, -0.05) is 11.8 Å². The minimum atomic E-state index is -0.643. The van der Waals surface area contributed by atoms with E-state index in [-0.39, 0.29) is 23.2 Å². The minimum absolute atomic E-state index is 0.0105. The van der Waals surface area contributed by atoms with Gasteiger partial charge in [0.05, 0.1) is 18.8 Å². The highest BCUT2D eigenvalue weighted by molar-refractivity contribution is 8.16. The fraction of sp³-hybridized carbons (Fsp3) is 0.231. The maximum atomic E-state index is 12.2. The lowest BCUT2D eigenvalue weighted by atomic mass is 10.2. The number of benzene rings is 1. The molecule has 2 rings (SSSR count). The normalized spacial score (nSPS) is 17.9. The summed E-state index contributed by atoms with van der Waals surface area (Å²) in [6.07, 6.45) is -0.0105. The van der Waals surface area contributed by atoms with E-state index in [2.05, 4.69) is 10.3 Å². The van der Waals surface area contributed by atoms with Crippen molar-refractivity contribution in [1.82, 2.24) is 0 Å². The number of amidine groups is 1. The van der Waals surface area contributed by atoms with Crippen molar-refractivity contribution >= 4 is 40.1 Å². The number of ether oxygens (including phenoxy) is 1. The molecule has 110 valence electrons. The number of nitrogens with one attached hydrogen (secondary N) is 2. The molecular formula is C13H14N4O3S. The van der Waals surface area contributed by atoms with Crippen molar-refractivity contribution in [1.29, 1.82) is 5.41 Å². The highest BCUT2D eigenvalue weighted by Gasteiger charge is 2.30. The van der Waals surface area contributed by atoms with E-state index in [0.29, 0.717) is 11.4 Å². The summed E-state index contributed by atoms with van der Waals surface area (Å²) in [5, 5.41) is 9.45. The van der Waals surface area contributed by atoms with E-state index in [1.165, 1.54) is 0 Å². The van der Waals surface area contributed by atoms with Gasteiger partial charge in [-0.05, 0) is 24.3 Å². The Morgan fingerprint density at radius 1 is 1.48 bits per heavy atom. The molecule has 0 saturated heterocycles. The van der Waals surface area contributed by atoms with Crippen LogP contribution in [0.25, 0.3) is 0 Å². The Balaban J connectivity index is 2.04. The van der Waals surface area contributed by atoms with E-state index >= 15 is 0 Å². The fourth-order valence-electron chi connectivity index (χ4n) is 1.69. The van der Waals surface area contributed by atoms with Gasteiger partial charge in [0.15, 0.2) is 0 Å². The standard InChI is InChI=1S/C13H14N4O3S/c1-20-8-4-2-7(3-5-8)16-12(19)9-6-10(18)17-13(21-9)11(14)15/h2-5,9H,6H2,1H3,(H3,14,15)(H,16,19). The molecule has 0 fully saturated rings. The number of nitrogens with zero attached hydrogens (tertiary/aromatic N) is 1. The first-order valence-corrected chi connectivity index (χ1v) is 6.95. The van der Waals surface area contributed by atoms with Crippen molar-refractivity contribution in [3.8, 4) is 5.75 Å². The Morgan fingerprint density at radius 3 is 2.71 bits per heavy atom. The summed E-state index contributed by atoms with van der Waals surface area (Å²) < 4.78 is 5.03. The summed E-state index contributed by atoms with van der Waals surface area (Å²) in [4.78, 5) is 27.3. The number of rotatable bonds is 4. The zero-order valence-corrected chi connectivity index (χ0v) is 12.1. The van der Waals surface area contributed by atoms with Crippen LogP contribution < -0.4 is 15.8 Å². The molecule has 4 N–H and O–H groups in total. The van der Waals surface area contributed by atoms with Gasteiger partial charge >= 0.3 is 0 Å². The van der Waals surface area contributed by atoms with Crippen molar-refractivity contribution < 1.29 is 14.3 Å². The molecular weight excluding hydrogens is 292 g/mol. The summed E-state index contributed by atoms with van der Waals surface area (Å²) in [6.45, 7) is 0. The molecule has 7 nitrogen and oxygen atoms in total. The van der Waals surface area contributed by atoms with Crippen molar-refractivity contribution in [2.75, 3.05) is 12.4 Å². The number of thioether (sulfide) groups is 1. The molecule has 1 aromatic carbocycles. The molecule has 1 aliphatic rings. The van der Waals surface area contributed by atoms with Crippen molar-refractivity contribution in [3.63, 3.8) is 0 Å². The van der Waals surface area contributed by atoms with Crippen LogP contribution in [0, 0.1) is 5.41 Å². The SMILES string of the molecule is COc1ccc(NC(=O)C2CC(=O)N=C(C(=N)N)S2)cc1. The number of anilines is 1. The maximum absolute atomic E-state index is 12.2. The van der Waals surface area contributed by atoms with Crippen LogP contribution in [0.2, 0.25) is 0 Å². The van der Waals surface area contributed by atoms with Crippen molar-refractivity contribution in [2.45, 2.75) is 11.7 Å². The van der Waals surface area contributed by atoms with E-state index < -0.39 is 11.2 Å². The van der Waals surface area contributed by atoms with Gasteiger partial charge in [0.1, 0.15) is 16.6 Å². The van der Waals surface area contributed by atoms with Gasteiger partial charge in [-0.15, -0.1) is 0 Å². The second-order valence-electron chi connectivity index (χ2n) is 4.25. The predicted molar refractivity (Wildman–Crippen MR) is 82.0 cm³/mol. The summed E-state index contributed by atoms with van der Waals surface area (Å²) in [5.74, 6) is -0.405. The molecule has 1 aliphatic heterocycles. The molecule has 2 amide bonds. The Morgan fingerprint density at radius 2 is 2.14 bits per heavy atom. The fourth-order valence-corrected chi connectivity index (χ4v) is 2.63. The quantitative estimate of drug-likeness (QED) is 0.566. The highest BCUT2D eigenvalue weighted by Crippen LogP contribution is 2.24.